The van der Waals surface area contributed by atoms with E-state index >= 15 is 0 Å². The van der Waals surface area contributed by atoms with Gasteiger partial charge in [-0.25, -0.2) is 4.98 Å². The summed E-state index contributed by atoms with van der Waals surface area (Å²) in [4.78, 5) is 7.61. The number of nitrogens with zero attached hydrogens (tertiary/aromatic N) is 4. The van der Waals surface area contributed by atoms with Crippen molar-refractivity contribution < 1.29 is 9.47 Å². The lowest BCUT2D eigenvalue weighted by molar-refractivity contribution is 0.0515. The van der Waals surface area contributed by atoms with Crippen molar-refractivity contribution in [1.29, 1.82) is 0 Å². The van der Waals surface area contributed by atoms with Crippen LogP contribution in [0.15, 0.2) is 36.5 Å². The van der Waals surface area contributed by atoms with Gasteiger partial charge in [-0.3, -0.25) is 0 Å². The number of anilines is 1. The molecule has 7 nitrogen and oxygen atoms in total. The van der Waals surface area contributed by atoms with Crippen LogP contribution in [0.3, 0.4) is 0 Å². The van der Waals surface area contributed by atoms with Crippen LogP contribution < -0.4 is 15.4 Å². The normalized spacial score (nSPS) is 19.0. The quantitative estimate of drug-likeness (QED) is 0.621. The van der Waals surface area contributed by atoms with Crippen LogP contribution in [0.4, 0.5) is 5.82 Å². The SMILES string of the molecule is COCOc1cc(-c2cnc(C)s2)ccc1-c1ccc(N2CCC(C)(N)C2)nn1. The fraction of sp³-hybridized carbons (Fsp3) is 0.381. The number of hydrogen-bond donors (Lipinski definition) is 1. The first-order valence-corrected chi connectivity index (χ1v) is 10.3. The summed E-state index contributed by atoms with van der Waals surface area (Å²) in [6.45, 7) is 5.90. The van der Waals surface area contributed by atoms with Crippen LogP contribution in [0.2, 0.25) is 0 Å². The summed E-state index contributed by atoms with van der Waals surface area (Å²) in [6, 6.07) is 10.0. The molecule has 1 aliphatic rings. The molecule has 0 bridgehead atoms. The van der Waals surface area contributed by atoms with Crippen LogP contribution in [0.25, 0.3) is 21.7 Å². The molecule has 1 unspecified atom stereocenters. The predicted octanol–water partition coefficient (Wildman–Crippen LogP) is 3.49. The van der Waals surface area contributed by atoms with Crippen LogP contribution in [0.5, 0.6) is 5.75 Å². The van der Waals surface area contributed by atoms with Crippen LogP contribution in [0.1, 0.15) is 18.4 Å². The molecule has 2 N–H and O–H groups in total. The van der Waals surface area contributed by atoms with Gasteiger partial charge in [-0.15, -0.1) is 21.5 Å². The Hall–Kier alpha value is -2.55. The van der Waals surface area contributed by atoms with Crippen molar-refractivity contribution in [1.82, 2.24) is 15.2 Å². The van der Waals surface area contributed by atoms with Crippen molar-refractivity contribution in [3.05, 3.63) is 41.5 Å². The van der Waals surface area contributed by atoms with E-state index in [-0.39, 0.29) is 12.3 Å². The summed E-state index contributed by atoms with van der Waals surface area (Å²) < 4.78 is 10.9. The Morgan fingerprint density at radius 1 is 1.24 bits per heavy atom. The number of ether oxygens (including phenoxy) is 2. The highest BCUT2D eigenvalue weighted by Gasteiger charge is 2.30. The second-order valence-electron chi connectivity index (χ2n) is 7.61. The van der Waals surface area contributed by atoms with E-state index in [1.165, 1.54) is 0 Å². The van der Waals surface area contributed by atoms with E-state index < -0.39 is 0 Å². The van der Waals surface area contributed by atoms with Gasteiger partial charge in [0.2, 0.25) is 0 Å². The van der Waals surface area contributed by atoms with Crippen LogP contribution >= 0.6 is 11.3 Å². The number of aromatic nitrogens is 3. The third kappa shape index (κ3) is 4.39. The van der Waals surface area contributed by atoms with E-state index in [0.717, 1.165) is 52.0 Å². The Kier molecular flexibility index (Phi) is 5.49. The van der Waals surface area contributed by atoms with Gasteiger partial charge in [0.05, 0.1) is 15.6 Å². The fourth-order valence-electron chi connectivity index (χ4n) is 3.44. The Bertz CT molecular complexity index is 987. The fourth-order valence-corrected chi connectivity index (χ4v) is 4.22. The summed E-state index contributed by atoms with van der Waals surface area (Å²) in [6.07, 6.45) is 2.83. The first-order valence-electron chi connectivity index (χ1n) is 9.52. The van der Waals surface area contributed by atoms with E-state index in [0.29, 0.717) is 5.75 Å². The van der Waals surface area contributed by atoms with E-state index in [4.69, 9.17) is 15.2 Å². The number of methoxy groups -OCH3 is 1. The maximum Gasteiger partial charge on any atom is 0.188 e. The van der Waals surface area contributed by atoms with E-state index in [1.807, 2.05) is 37.4 Å². The van der Waals surface area contributed by atoms with E-state index in [9.17, 15) is 0 Å². The third-order valence-corrected chi connectivity index (χ3v) is 5.94. The van der Waals surface area contributed by atoms with Gasteiger partial charge in [-0.05, 0) is 50.1 Å². The molecule has 1 aliphatic heterocycles. The molecule has 29 heavy (non-hydrogen) atoms. The molecule has 1 fully saturated rings. The Morgan fingerprint density at radius 3 is 2.72 bits per heavy atom. The minimum Gasteiger partial charge on any atom is -0.467 e. The lowest BCUT2D eigenvalue weighted by Gasteiger charge is -2.20. The number of aryl methyl sites for hydroxylation is 1. The smallest absolute Gasteiger partial charge is 0.188 e. The molecular weight excluding hydrogens is 386 g/mol. The maximum atomic E-state index is 6.23. The van der Waals surface area contributed by atoms with Gasteiger partial charge in [-0.2, -0.15) is 0 Å². The van der Waals surface area contributed by atoms with Crippen molar-refractivity contribution in [2.75, 3.05) is 31.9 Å². The summed E-state index contributed by atoms with van der Waals surface area (Å²) in [5.41, 5.74) is 8.73. The molecule has 0 radical (unpaired) electrons. The van der Waals surface area contributed by atoms with Crippen LogP contribution in [0, 0.1) is 6.92 Å². The molecule has 0 saturated carbocycles. The molecule has 2 aromatic heterocycles. The minimum absolute atomic E-state index is 0.159. The number of thiazole rings is 1. The number of benzene rings is 1. The summed E-state index contributed by atoms with van der Waals surface area (Å²) in [5.74, 6) is 1.55. The van der Waals surface area contributed by atoms with Gasteiger partial charge in [0.25, 0.3) is 0 Å². The van der Waals surface area contributed by atoms with Crippen molar-refractivity contribution >= 4 is 17.2 Å². The molecular formula is C21H25N5O2S. The van der Waals surface area contributed by atoms with Gasteiger partial charge in [0.15, 0.2) is 12.6 Å². The second kappa shape index (κ2) is 8.06. The van der Waals surface area contributed by atoms with E-state index in [2.05, 4.69) is 33.1 Å². The largest absolute Gasteiger partial charge is 0.467 e. The van der Waals surface area contributed by atoms with Crippen molar-refractivity contribution in [3.8, 4) is 27.4 Å². The van der Waals surface area contributed by atoms with E-state index in [1.54, 1.807) is 18.4 Å². The number of hydrogen-bond acceptors (Lipinski definition) is 8. The Balaban J connectivity index is 1.62. The third-order valence-electron chi connectivity index (χ3n) is 4.97. The van der Waals surface area contributed by atoms with Crippen LogP contribution in [-0.2, 0) is 4.74 Å². The lowest BCUT2D eigenvalue weighted by Crippen LogP contribution is -2.39. The van der Waals surface area contributed by atoms with Gasteiger partial charge < -0.3 is 20.1 Å². The topological polar surface area (TPSA) is 86.4 Å². The molecule has 1 atom stereocenters. The Labute approximate surface area is 174 Å². The Morgan fingerprint density at radius 2 is 2.10 bits per heavy atom. The zero-order valence-corrected chi connectivity index (χ0v) is 17.7. The van der Waals surface area contributed by atoms with Gasteiger partial charge in [0, 0.05) is 37.5 Å². The highest BCUT2D eigenvalue weighted by Crippen LogP contribution is 2.35. The maximum absolute atomic E-state index is 6.23. The molecule has 0 spiro atoms. The zero-order chi connectivity index (χ0) is 20.4. The molecule has 0 amide bonds. The molecule has 1 saturated heterocycles. The van der Waals surface area contributed by atoms with Crippen molar-refractivity contribution in [3.63, 3.8) is 0 Å². The van der Waals surface area contributed by atoms with Gasteiger partial charge in [-0.1, -0.05) is 6.07 Å². The highest BCUT2D eigenvalue weighted by atomic mass is 32.1. The molecule has 3 heterocycles. The zero-order valence-electron chi connectivity index (χ0n) is 16.9. The second-order valence-corrected chi connectivity index (χ2v) is 8.84. The summed E-state index contributed by atoms with van der Waals surface area (Å²) in [7, 11) is 1.60. The lowest BCUT2D eigenvalue weighted by atomic mass is 10.0. The first-order chi connectivity index (χ1) is 13.9. The highest BCUT2D eigenvalue weighted by molar-refractivity contribution is 7.15. The van der Waals surface area contributed by atoms with Crippen molar-refractivity contribution in [2.24, 2.45) is 5.73 Å². The average Bonchev–Trinajstić information content (AvgIpc) is 3.31. The van der Waals surface area contributed by atoms with Gasteiger partial charge in [0.1, 0.15) is 5.75 Å². The van der Waals surface area contributed by atoms with Crippen molar-refractivity contribution in [2.45, 2.75) is 25.8 Å². The van der Waals surface area contributed by atoms with Crippen LogP contribution in [-0.4, -0.2) is 47.7 Å². The summed E-state index contributed by atoms with van der Waals surface area (Å²) in [5, 5.41) is 9.92. The predicted molar refractivity (Wildman–Crippen MR) is 115 cm³/mol. The molecule has 152 valence electrons. The number of nitrogens with two attached hydrogens (primary N) is 1. The standard InChI is InChI=1S/C21H25N5O2S/c1-14-23-11-19(29-14)15-4-5-16(18(10-15)28-13-27-3)17-6-7-20(25-24-17)26-9-8-21(2,22)12-26/h4-7,10-11H,8-9,12-13,22H2,1-3H3. The molecule has 1 aromatic carbocycles. The molecule has 8 heteroatoms. The monoisotopic (exact) mass is 411 g/mol. The summed E-state index contributed by atoms with van der Waals surface area (Å²) >= 11 is 1.65. The first kappa shape index (κ1) is 19.8. The molecule has 3 aromatic rings. The molecule has 4 rings (SSSR count). The van der Waals surface area contributed by atoms with Gasteiger partial charge >= 0.3 is 0 Å². The molecule has 0 aliphatic carbocycles. The number of rotatable bonds is 6. The average molecular weight is 412 g/mol. The minimum atomic E-state index is -0.174.